The van der Waals surface area contributed by atoms with E-state index >= 15 is 0 Å². The van der Waals surface area contributed by atoms with Crippen LogP contribution in [0.15, 0.2) is 77.3 Å². The van der Waals surface area contributed by atoms with Crippen LogP contribution in [0.5, 0.6) is 23.0 Å². The minimum absolute atomic E-state index is 0.250. The first-order valence-electron chi connectivity index (χ1n) is 11.0. The molecule has 34 heavy (non-hydrogen) atoms. The summed E-state index contributed by atoms with van der Waals surface area (Å²) in [5, 5.41) is 6.84. The molecule has 4 aromatic rings. The fourth-order valence-corrected chi connectivity index (χ4v) is 3.32. The molecule has 0 bridgehead atoms. The molecule has 1 N–H and O–H groups in total. The summed E-state index contributed by atoms with van der Waals surface area (Å²) in [4.78, 5) is 12.8. The number of amides is 1. The van der Waals surface area contributed by atoms with Gasteiger partial charge in [-0.3, -0.25) is 4.79 Å². The number of hydrogen-bond donors (Lipinski definition) is 1. The lowest BCUT2D eigenvalue weighted by Crippen LogP contribution is -2.12. The largest absolute Gasteiger partial charge is 0.494 e. The normalized spacial score (nSPS) is 10.6. The standard InChI is InChI=1S/C27H26N2O5/c1-4-31-21-13-15-23(16-14-21)33-26-8-6-5-7-25(26)28-27(30)20-9-11-22(12-10-20)32-17-24-18(2)29-34-19(24)3/h5-16H,4,17H2,1-3H3,(H,28,30). The number of aromatic nitrogens is 1. The van der Waals surface area contributed by atoms with E-state index in [2.05, 4.69) is 10.5 Å². The van der Waals surface area contributed by atoms with E-state index in [1.54, 1.807) is 36.4 Å². The predicted octanol–water partition coefficient (Wildman–Crippen LogP) is 6.31. The van der Waals surface area contributed by atoms with Crippen molar-refractivity contribution in [1.29, 1.82) is 0 Å². The Labute approximate surface area is 198 Å². The molecule has 0 saturated heterocycles. The van der Waals surface area contributed by atoms with Gasteiger partial charge in [0.05, 0.1) is 23.6 Å². The van der Waals surface area contributed by atoms with Gasteiger partial charge in [0.25, 0.3) is 5.91 Å². The summed E-state index contributed by atoms with van der Waals surface area (Å²) in [5.74, 6) is 3.09. The van der Waals surface area contributed by atoms with Crippen LogP contribution in [-0.4, -0.2) is 17.7 Å². The number of rotatable bonds is 9. The van der Waals surface area contributed by atoms with E-state index in [-0.39, 0.29) is 5.91 Å². The van der Waals surface area contributed by atoms with E-state index in [4.69, 9.17) is 18.7 Å². The molecule has 1 heterocycles. The minimum Gasteiger partial charge on any atom is -0.494 e. The van der Waals surface area contributed by atoms with E-state index in [9.17, 15) is 4.79 Å². The molecule has 7 nitrogen and oxygen atoms in total. The lowest BCUT2D eigenvalue weighted by Gasteiger charge is -2.13. The SMILES string of the molecule is CCOc1ccc(Oc2ccccc2NC(=O)c2ccc(OCc3c(C)noc3C)cc2)cc1. The Morgan fingerprint density at radius 1 is 0.882 bits per heavy atom. The van der Waals surface area contributed by atoms with Crippen LogP contribution in [0.2, 0.25) is 0 Å². The molecule has 0 saturated carbocycles. The fraction of sp³-hybridized carbons (Fsp3) is 0.185. The van der Waals surface area contributed by atoms with Gasteiger partial charge in [-0.05, 0) is 81.4 Å². The fourth-order valence-electron chi connectivity index (χ4n) is 3.32. The average molecular weight is 459 g/mol. The highest BCUT2D eigenvalue weighted by molar-refractivity contribution is 6.05. The number of nitrogens with zero attached hydrogens (tertiary/aromatic N) is 1. The number of carbonyl (C=O) groups is 1. The molecule has 0 unspecified atom stereocenters. The summed E-state index contributed by atoms with van der Waals surface area (Å²) in [6.45, 7) is 6.61. The Bertz CT molecular complexity index is 1230. The molecule has 7 heteroatoms. The molecule has 0 radical (unpaired) electrons. The Hall–Kier alpha value is -4.26. The smallest absolute Gasteiger partial charge is 0.255 e. The molecule has 1 amide bonds. The van der Waals surface area contributed by atoms with Crippen molar-refractivity contribution in [1.82, 2.24) is 5.16 Å². The van der Waals surface area contributed by atoms with Crippen molar-refractivity contribution >= 4 is 11.6 Å². The zero-order valence-electron chi connectivity index (χ0n) is 19.3. The summed E-state index contributed by atoms with van der Waals surface area (Å²) >= 11 is 0. The van der Waals surface area contributed by atoms with Crippen molar-refractivity contribution in [2.24, 2.45) is 0 Å². The van der Waals surface area contributed by atoms with Gasteiger partial charge in [0.2, 0.25) is 0 Å². The Morgan fingerprint density at radius 2 is 1.53 bits per heavy atom. The van der Waals surface area contributed by atoms with Crippen molar-refractivity contribution in [2.75, 3.05) is 11.9 Å². The number of carbonyl (C=O) groups excluding carboxylic acids is 1. The van der Waals surface area contributed by atoms with Crippen LogP contribution < -0.4 is 19.5 Å². The molecule has 0 aliphatic rings. The lowest BCUT2D eigenvalue weighted by atomic mass is 10.2. The van der Waals surface area contributed by atoms with Crippen LogP contribution in [0.3, 0.4) is 0 Å². The molecule has 4 rings (SSSR count). The molecule has 3 aromatic carbocycles. The van der Waals surface area contributed by atoms with Gasteiger partial charge in [-0.2, -0.15) is 0 Å². The first-order chi connectivity index (χ1) is 16.5. The molecule has 0 aliphatic heterocycles. The monoisotopic (exact) mass is 458 g/mol. The van der Waals surface area contributed by atoms with Crippen molar-refractivity contribution in [3.05, 3.63) is 95.4 Å². The highest BCUT2D eigenvalue weighted by atomic mass is 16.5. The Balaban J connectivity index is 1.39. The highest BCUT2D eigenvalue weighted by Crippen LogP contribution is 2.30. The van der Waals surface area contributed by atoms with E-state index < -0.39 is 0 Å². The van der Waals surface area contributed by atoms with Gasteiger partial charge >= 0.3 is 0 Å². The van der Waals surface area contributed by atoms with Crippen LogP contribution in [0.25, 0.3) is 0 Å². The van der Waals surface area contributed by atoms with Gasteiger partial charge in [0.1, 0.15) is 29.6 Å². The predicted molar refractivity (Wildman–Crippen MR) is 129 cm³/mol. The van der Waals surface area contributed by atoms with E-state index in [0.717, 1.165) is 22.8 Å². The first kappa shape index (κ1) is 22.9. The Kier molecular flexibility index (Phi) is 7.13. The number of para-hydroxylation sites is 2. The number of hydrogen-bond acceptors (Lipinski definition) is 6. The summed E-state index contributed by atoms with van der Waals surface area (Å²) in [7, 11) is 0. The van der Waals surface area contributed by atoms with Gasteiger partial charge in [-0.25, -0.2) is 0 Å². The second kappa shape index (κ2) is 10.6. The molecule has 0 aliphatic carbocycles. The molecule has 174 valence electrons. The van der Waals surface area contributed by atoms with E-state index in [1.165, 1.54) is 0 Å². The van der Waals surface area contributed by atoms with Gasteiger partial charge in [-0.1, -0.05) is 17.3 Å². The second-order valence-corrected chi connectivity index (χ2v) is 7.57. The molecular weight excluding hydrogens is 432 g/mol. The molecule has 0 fully saturated rings. The third-order valence-corrected chi connectivity index (χ3v) is 5.18. The minimum atomic E-state index is -0.250. The van der Waals surface area contributed by atoms with Gasteiger partial charge in [0.15, 0.2) is 5.75 Å². The number of benzene rings is 3. The molecule has 0 atom stereocenters. The Morgan fingerprint density at radius 3 is 2.21 bits per heavy atom. The van der Waals surface area contributed by atoms with Crippen LogP contribution in [0, 0.1) is 13.8 Å². The van der Waals surface area contributed by atoms with Crippen LogP contribution >= 0.6 is 0 Å². The topological polar surface area (TPSA) is 82.8 Å². The van der Waals surface area contributed by atoms with E-state index in [0.29, 0.717) is 41.7 Å². The van der Waals surface area contributed by atoms with E-state index in [1.807, 2.05) is 57.2 Å². The number of aryl methyl sites for hydroxylation is 2. The van der Waals surface area contributed by atoms with Crippen LogP contribution in [0.1, 0.15) is 34.3 Å². The summed E-state index contributed by atoms with van der Waals surface area (Å²) < 4.78 is 22.4. The van der Waals surface area contributed by atoms with Crippen LogP contribution in [-0.2, 0) is 6.61 Å². The number of ether oxygens (including phenoxy) is 3. The van der Waals surface area contributed by atoms with Gasteiger partial charge in [0, 0.05) is 5.56 Å². The average Bonchev–Trinajstić information content (AvgIpc) is 3.17. The maximum absolute atomic E-state index is 12.8. The second-order valence-electron chi connectivity index (χ2n) is 7.57. The zero-order valence-corrected chi connectivity index (χ0v) is 19.3. The van der Waals surface area contributed by atoms with Crippen molar-refractivity contribution < 1.29 is 23.5 Å². The number of anilines is 1. The van der Waals surface area contributed by atoms with Gasteiger partial charge in [-0.15, -0.1) is 0 Å². The third-order valence-electron chi connectivity index (χ3n) is 5.18. The maximum Gasteiger partial charge on any atom is 0.255 e. The third kappa shape index (κ3) is 5.56. The summed E-state index contributed by atoms with van der Waals surface area (Å²) in [5.41, 5.74) is 2.80. The molecular formula is C27H26N2O5. The van der Waals surface area contributed by atoms with Crippen molar-refractivity contribution in [3.63, 3.8) is 0 Å². The van der Waals surface area contributed by atoms with Crippen LogP contribution in [0.4, 0.5) is 5.69 Å². The summed E-state index contributed by atoms with van der Waals surface area (Å²) in [6.07, 6.45) is 0. The maximum atomic E-state index is 12.8. The quantitative estimate of drug-likeness (QED) is 0.316. The zero-order chi connectivity index (χ0) is 23.9. The highest BCUT2D eigenvalue weighted by Gasteiger charge is 2.12. The van der Waals surface area contributed by atoms with Gasteiger partial charge < -0.3 is 24.1 Å². The van der Waals surface area contributed by atoms with Crippen molar-refractivity contribution in [2.45, 2.75) is 27.4 Å². The first-order valence-corrected chi connectivity index (χ1v) is 11.0. The number of nitrogens with one attached hydrogen (secondary N) is 1. The molecule has 0 spiro atoms. The molecule has 1 aromatic heterocycles. The lowest BCUT2D eigenvalue weighted by molar-refractivity contribution is 0.102. The van der Waals surface area contributed by atoms with Crippen molar-refractivity contribution in [3.8, 4) is 23.0 Å². The summed E-state index contributed by atoms with van der Waals surface area (Å²) in [6, 6.07) is 21.6.